The second-order valence-corrected chi connectivity index (χ2v) is 9.96. The van der Waals surface area contributed by atoms with Crippen LogP contribution in [-0.2, 0) is 5.41 Å². The Morgan fingerprint density at radius 1 is 0.882 bits per heavy atom. The van der Waals surface area contributed by atoms with Gasteiger partial charge < -0.3 is 4.74 Å². The molecular weight excluding hydrogens is 418 g/mol. The molecule has 0 N–H and O–H groups in total. The molecule has 0 saturated heterocycles. The molecule has 3 aromatic carbocycles. The fraction of sp³-hybridized carbons (Fsp3) is 0.290. The Balaban J connectivity index is 1.82. The molecule has 3 heteroatoms. The van der Waals surface area contributed by atoms with Gasteiger partial charge in [-0.15, -0.1) is 0 Å². The smallest absolute Gasteiger partial charge is 0.344 e. The first kappa shape index (κ1) is 23.7. The van der Waals surface area contributed by atoms with Crippen LogP contribution in [0.4, 0.5) is 0 Å². The molecule has 4 aromatic rings. The Bertz CT molecular complexity index is 1360. The van der Waals surface area contributed by atoms with E-state index < -0.39 is 0 Å². The van der Waals surface area contributed by atoms with E-state index in [1.807, 2.05) is 39.0 Å². The van der Waals surface area contributed by atoms with Crippen LogP contribution in [0.2, 0.25) is 0 Å². The number of benzene rings is 3. The standard InChI is InChI=1S/C31H33NO2/c1-8-31(6,7)24-13-15-25(16-14-24)34-30(33)27-22(5)29(23-11-9-19(2)10-12-23)32-28-21(4)17-20(3)18-26(27)28/h9-18H,8H2,1-7H3. The van der Waals surface area contributed by atoms with Crippen molar-refractivity contribution in [2.75, 3.05) is 0 Å². The summed E-state index contributed by atoms with van der Waals surface area (Å²) in [6.07, 6.45) is 1.04. The predicted molar refractivity (Wildman–Crippen MR) is 141 cm³/mol. The van der Waals surface area contributed by atoms with E-state index in [0.717, 1.165) is 45.3 Å². The maximum Gasteiger partial charge on any atom is 0.344 e. The molecule has 3 nitrogen and oxygen atoms in total. The summed E-state index contributed by atoms with van der Waals surface area (Å²) in [4.78, 5) is 18.6. The van der Waals surface area contributed by atoms with E-state index in [-0.39, 0.29) is 11.4 Å². The van der Waals surface area contributed by atoms with E-state index >= 15 is 0 Å². The van der Waals surface area contributed by atoms with Crippen LogP contribution < -0.4 is 4.74 Å². The Kier molecular flexibility index (Phi) is 6.31. The molecule has 0 fully saturated rings. The fourth-order valence-electron chi connectivity index (χ4n) is 4.41. The van der Waals surface area contributed by atoms with Gasteiger partial charge in [-0.1, -0.05) is 74.4 Å². The average Bonchev–Trinajstić information content (AvgIpc) is 2.79. The maximum absolute atomic E-state index is 13.6. The van der Waals surface area contributed by atoms with Gasteiger partial charge in [0.25, 0.3) is 0 Å². The molecular formula is C31H33NO2. The third-order valence-corrected chi connectivity index (χ3v) is 6.93. The number of esters is 1. The quantitative estimate of drug-likeness (QED) is 0.228. The zero-order valence-corrected chi connectivity index (χ0v) is 21.2. The molecule has 0 aliphatic carbocycles. The molecule has 174 valence electrons. The van der Waals surface area contributed by atoms with E-state index in [1.165, 1.54) is 11.1 Å². The number of aryl methyl sites for hydroxylation is 3. The summed E-state index contributed by atoms with van der Waals surface area (Å²) in [5, 5.41) is 0.833. The van der Waals surface area contributed by atoms with Crippen molar-refractivity contribution in [2.45, 2.75) is 60.3 Å². The molecule has 0 unspecified atom stereocenters. The van der Waals surface area contributed by atoms with Gasteiger partial charge in [-0.3, -0.25) is 0 Å². The summed E-state index contributed by atoms with van der Waals surface area (Å²) in [5.74, 6) is 0.192. The van der Waals surface area contributed by atoms with Crippen LogP contribution in [-0.4, -0.2) is 11.0 Å². The topological polar surface area (TPSA) is 39.2 Å². The summed E-state index contributed by atoms with van der Waals surface area (Å²) >= 11 is 0. The van der Waals surface area contributed by atoms with Gasteiger partial charge in [0.1, 0.15) is 5.75 Å². The molecule has 0 bridgehead atoms. The van der Waals surface area contributed by atoms with E-state index in [1.54, 1.807) is 0 Å². The van der Waals surface area contributed by atoms with Crippen molar-refractivity contribution >= 4 is 16.9 Å². The first-order chi connectivity index (χ1) is 16.1. The van der Waals surface area contributed by atoms with Gasteiger partial charge in [0.05, 0.1) is 16.8 Å². The summed E-state index contributed by atoms with van der Waals surface area (Å²) in [6.45, 7) is 14.7. The molecule has 1 aromatic heterocycles. The molecule has 1 heterocycles. The van der Waals surface area contributed by atoms with E-state index in [2.05, 4.69) is 70.2 Å². The Labute approximate surface area is 202 Å². The minimum atomic E-state index is -0.356. The number of hydrogen-bond acceptors (Lipinski definition) is 3. The number of carbonyl (C=O) groups is 1. The number of pyridine rings is 1. The van der Waals surface area contributed by atoms with Crippen LogP contribution in [0.5, 0.6) is 5.75 Å². The van der Waals surface area contributed by atoms with Crippen molar-refractivity contribution in [1.82, 2.24) is 4.98 Å². The van der Waals surface area contributed by atoms with Crippen LogP contribution >= 0.6 is 0 Å². The molecule has 0 atom stereocenters. The molecule has 4 rings (SSSR count). The number of ether oxygens (including phenoxy) is 1. The average molecular weight is 452 g/mol. The van der Waals surface area contributed by atoms with Gasteiger partial charge in [0.15, 0.2) is 0 Å². The fourth-order valence-corrected chi connectivity index (χ4v) is 4.41. The van der Waals surface area contributed by atoms with Crippen molar-refractivity contribution in [3.8, 4) is 17.0 Å². The summed E-state index contributed by atoms with van der Waals surface area (Å²) < 4.78 is 5.91. The Hall–Kier alpha value is -3.46. The highest BCUT2D eigenvalue weighted by atomic mass is 16.5. The lowest BCUT2D eigenvalue weighted by molar-refractivity contribution is 0.0736. The van der Waals surface area contributed by atoms with Crippen molar-refractivity contribution in [2.24, 2.45) is 0 Å². The third kappa shape index (κ3) is 4.48. The van der Waals surface area contributed by atoms with Crippen LogP contribution in [0.3, 0.4) is 0 Å². The van der Waals surface area contributed by atoms with Gasteiger partial charge in [0.2, 0.25) is 0 Å². The molecule has 0 spiro atoms. The number of nitrogens with zero attached hydrogens (tertiary/aromatic N) is 1. The minimum Gasteiger partial charge on any atom is -0.423 e. The second-order valence-electron chi connectivity index (χ2n) is 9.96. The monoisotopic (exact) mass is 451 g/mol. The highest BCUT2D eigenvalue weighted by molar-refractivity contribution is 6.08. The molecule has 34 heavy (non-hydrogen) atoms. The van der Waals surface area contributed by atoms with Gasteiger partial charge in [0, 0.05) is 10.9 Å². The van der Waals surface area contributed by atoms with E-state index in [0.29, 0.717) is 11.3 Å². The molecule has 0 saturated carbocycles. The molecule has 0 aliphatic heterocycles. The van der Waals surface area contributed by atoms with Gasteiger partial charge >= 0.3 is 5.97 Å². The van der Waals surface area contributed by atoms with Crippen LogP contribution in [0.1, 0.15) is 65.4 Å². The first-order valence-corrected chi connectivity index (χ1v) is 11.9. The minimum absolute atomic E-state index is 0.0818. The summed E-state index contributed by atoms with van der Waals surface area (Å²) in [7, 11) is 0. The third-order valence-electron chi connectivity index (χ3n) is 6.93. The predicted octanol–water partition coefficient (Wildman–Crippen LogP) is 8.04. The van der Waals surface area contributed by atoms with Gasteiger partial charge in [-0.25, -0.2) is 9.78 Å². The summed E-state index contributed by atoms with van der Waals surface area (Å²) in [5.41, 5.74) is 8.67. The van der Waals surface area contributed by atoms with Gasteiger partial charge in [-0.2, -0.15) is 0 Å². The Morgan fingerprint density at radius 3 is 2.15 bits per heavy atom. The second kappa shape index (κ2) is 9.06. The van der Waals surface area contributed by atoms with Crippen LogP contribution in [0.25, 0.3) is 22.2 Å². The normalized spacial score (nSPS) is 11.6. The van der Waals surface area contributed by atoms with Crippen LogP contribution in [0.15, 0.2) is 60.7 Å². The van der Waals surface area contributed by atoms with E-state index in [9.17, 15) is 4.79 Å². The van der Waals surface area contributed by atoms with Crippen molar-refractivity contribution in [1.29, 1.82) is 0 Å². The number of fused-ring (bicyclic) bond motifs is 1. The largest absolute Gasteiger partial charge is 0.423 e. The zero-order valence-electron chi connectivity index (χ0n) is 21.2. The molecule has 0 radical (unpaired) electrons. The number of aromatic nitrogens is 1. The molecule has 0 amide bonds. The Morgan fingerprint density at radius 2 is 1.53 bits per heavy atom. The zero-order chi connectivity index (χ0) is 24.6. The van der Waals surface area contributed by atoms with E-state index in [4.69, 9.17) is 9.72 Å². The highest BCUT2D eigenvalue weighted by Gasteiger charge is 2.23. The van der Waals surface area contributed by atoms with Crippen LogP contribution in [0, 0.1) is 27.7 Å². The lowest BCUT2D eigenvalue weighted by Crippen LogP contribution is -2.16. The number of rotatable bonds is 5. The van der Waals surface area contributed by atoms with Gasteiger partial charge in [-0.05, 0) is 74.4 Å². The van der Waals surface area contributed by atoms with Crippen molar-refractivity contribution in [3.05, 3.63) is 94.0 Å². The highest BCUT2D eigenvalue weighted by Crippen LogP contribution is 2.33. The van der Waals surface area contributed by atoms with Crippen molar-refractivity contribution in [3.63, 3.8) is 0 Å². The molecule has 0 aliphatic rings. The lowest BCUT2D eigenvalue weighted by Gasteiger charge is -2.23. The SMILES string of the molecule is CCC(C)(C)c1ccc(OC(=O)c2c(C)c(-c3ccc(C)cc3)nc3c(C)cc(C)cc23)cc1. The number of hydrogen-bond donors (Lipinski definition) is 0. The summed E-state index contributed by atoms with van der Waals surface area (Å²) in [6, 6.07) is 20.3. The number of carbonyl (C=O) groups excluding carboxylic acids is 1. The maximum atomic E-state index is 13.6. The van der Waals surface area contributed by atoms with Crippen molar-refractivity contribution < 1.29 is 9.53 Å². The first-order valence-electron chi connectivity index (χ1n) is 11.9. The lowest BCUT2D eigenvalue weighted by atomic mass is 9.82.